The fourth-order valence-electron chi connectivity index (χ4n) is 4.99. The van der Waals surface area contributed by atoms with E-state index in [0.29, 0.717) is 12.0 Å². The Labute approximate surface area is 198 Å². The number of carbonyl (C=O) groups excluding carboxylic acids is 2. The van der Waals surface area contributed by atoms with Gasteiger partial charge in [-0.15, -0.1) is 0 Å². The van der Waals surface area contributed by atoms with Gasteiger partial charge in [0.25, 0.3) is 0 Å². The first-order valence-corrected chi connectivity index (χ1v) is 11.9. The molecular weight excluding hydrogens is 443 g/mol. The highest BCUT2D eigenvalue weighted by atomic mass is 19.4. The number of cyclic esters (lactones) is 1. The number of hydrogen-bond donors (Lipinski definition) is 0. The summed E-state index contributed by atoms with van der Waals surface area (Å²) in [7, 11) is 0. The van der Waals surface area contributed by atoms with Gasteiger partial charge in [0.05, 0.1) is 17.9 Å². The molecule has 1 unspecified atom stereocenters. The van der Waals surface area contributed by atoms with Crippen LogP contribution < -0.4 is 0 Å². The molecule has 2 fully saturated rings. The van der Waals surface area contributed by atoms with Gasteiger partial charge in [0.15, 0.2) is 0 Å². The van der Waals surface area contributed by atoms with Gasteiger partial charge in [0.2, 0.25) is 0 Å². The molecule has 182 valence electrons. The number of rotatable bonds is 5. The predicted octanol–water partition coefficient (Wildman–Crippen LogP) is 5.88. The second-order valence-electron chi connectivity index (χ2n) is 9.49. The molecule has 0 aliphatic carbocycles. The number of hydrogen-bond acceptors (Lipinski definition) is 4. The Morgan fingerprint density at radius 3 is 2.38 bits per heavy atom. The SMILES string of the molecule is Cc1ccc(CN2CCCCC(C(=O)[C@H]3CC(=O)O[C@@H]3c3ccc(C(F)(F)F)cc3)CC2)cc1. The van der Waals surface area contributed by atoms with Crippen LogP contribution in [0, 0.1) is 18.8 Å². The van der Waals surface area contributed by atoms with E-state index in [1.165, 1.54) is 23.3 Å². The normalized spacial score (nSPS) is 24.4. The molecular formula is C27H30F3NO3. The van der Waals surface area contributed by atoms with Crippen molar-refractivity contribution in [1.82, 2.24) is 4.90 Å². The van der Waals surface area contributed by atoms with E-state index in [0.717, 1.165) is 51.0 Å². The van der Waals surface area contributed by atoms with E-state index in [1.54, 1.807) is 0 Å². The summed E-state index contributed by atoms with van der Waals surface area (Å²) in [6, 6.07) is 13.0. The number of ketones is 1. The van der Waals surface area contributed by atoms with E-state index in [9.17, 15) is 22.8 Å². The predicted molar refractivity (Wildman–Crippen MR) is 122 cm³/mol. The molecule has 2 aromatic carbocycles. The third-order valence-electron chi connectivity index (χ3n) is 6.94. The highest BCUT2D eigenvalue weighted by Crippen LogP contribution is 2.40. The van der Waals surface area contributed by atoms with Crippen LogP contribution in [0.15, 0.2) is 48.5 Å². The molecule has 0 radical (unpaired) electrons. The summed E-state index contributed by atoms with van der Waals surface area (Å²) in [5.41, 5.74) is 2.13. The van der Waals surface area contributed by atoms with Crippen LogP contribution in [0.5, 0.6) is 0 Å². The van der Waals surface area contributed by atoms with Crippen molar-refractivity contribution in [2.75, 3.05) is 13.1 Å². The van der Waals surface area contributed by atoms with Crippen LogP contribution in [-0.4, -0.2) is 29.7 Å². The van der Waals surface area contributed by atoms with Crippen LogP contribution in [0.3, 0.4) is 0 Å². The van der Waals surface area contributed by atoms with E-state index >= 15 is 0 Å². The molecule has 0 amide bonds. The third kappa shape index (κ3) is 5.87. The minimum Gasteiger partial charge on any atom is -0.457 e. The van der Waals surface area contributed by atoms with Gasteiger partial charge in [-0.1, -0.05) is 48.4 Å². The number of ether oxygens (including phenoxy) is 1. The quantitative estimate of drug-likeness (QED) is 0.509. The Kier molecular flexibility index (Phi) is 7.41. The number of aryl methyl sites for hydroxylation is 1. The number of benzene rings is 2. The maximum Gasteiger partial charge on any atom is 0.416 e. The van der Waals surface area contributed by atoms with Crippen LogP contribution >= 0.6 is 0 Å². The lowest BCUT2D eigenvalue weighted by molar-refractivity contribution is -0.142. The van der Waals surface area contributed by atoms with Gasteiger partial charge in [-0.2, -0.15) is 13.2 Å². The average Bonchev–Trinajstić information content (AvgIpc) is 3.18. The van der Waals surface area contributed by atoms with Crippen molar-refractivity contribution in [2.45, 2.75) is 57.9 Å². The first-order valence-electron chi connectivity index (χ1n) is 11.9. The molecule has 0 spiro atoms. The van der Waals surface area contributed by atoms with Gasteiger partial charge >= 0.3 is 12.1 Å². The monoisotopic (exact) mass is 473 g/mol. The van der Waals surface area contributed by atoms with E-state index in [4.69, 9.17) is 4.74 Å². The van der Waals surface area contributed by atoms with Gasteiger partial charge in [-0.25, -0.2) is 0 Å². The zero-order chi connectivity index (χ0) is 24.3. The smallest absolute Gasteiger partial charge is 0.416 e. The molecule has 34 heavy (non-hydrogen) atoms. The standard InChI is InChI=1S/C27H30F3NO3/c1-18-5-7-19(8-6-18)17-31-14-3-2-4-20(13-15-31)25(33)23-16-24(32)34-26(23)21-9-11-22(12-10-21)27(28,29)30/h5-12,20,23,26H,2-4,13-17H2,1H3/t20?,23-,26-/m1/s1. The zero-order valence-corrected chi connectivity index (χ0v) is 19.3. The number of Topliss-reactive ketones (excluding diaryl/α,β-unsaturated/α-hetero) is 1. The van der Waals surface area contributed by atoms with Crippen LogP contribution in [0.4, 0.5) is 13.2 Å². The first-order chi connectivity index (χ1) is 16.2. The molecule has 3 atom stereocenters. The summed E-state index contributed by atoms with van der Waals surface area (Å²) < 4.78 is 44.2. The fourth-order valence-corrected chi connectivity index (χ4v) is 4.99. The molecule has 2 aromatic rings. The Morgan fingerprint density at radius 2 is 1.71 bits per heavy atom. The summed E-state index contributed by atoms with van der Waals surface area (Å²) >= 11 is 0. The summed E-state index contributed by atoms with van der Waals surface area (Å²) in [5, 5.41) is 0. The lowest BCUT2D eigenvalue weighted by Gasteiger charge is -2.29. The Morgan fingerprint density at radius 1 is 1.00 bits per heavy atom. The highest BCUT2D eigenvalue weighted by Gasteiger charge is 2.43. The minimum atomic E-state index is -4.44. The summed E-state index contributed by atoms with van der Waals surface area (Å²) in [4.78, 5) is 28.0. The Bertz CT molecular complexity index is 1000. The number of esters is 1. The lowest BCUT2D eigenvalue weighted by atomic mass is 9.81. The topological polar surface area (TPSA) is 46.6 Å². The van der Waals surface area contributed by atoms with E-state index in [1.807, 2.05) is 0 Å². The van der Waals surface area contributed by atoms with Gasteiger partial charge in [0, 0.05) is 12.5 Å². The van der Waals surface area contributed by atoms with E-state index in [-0.39, 0.29) is 18.1 Å². The largest absolute Gasteiger partial charge is 0.457 e. The lowest BCUT2D eigenvalue weighted by Crippen LogP contribution is -2.33. The molecule has 0 bridgehead atoms. The van der Waals surface area contributed by atoms with Crippen LogP contribution in [0.25, 0.3) is 0 Å². The Balaban J connectivity index is 1.43. The Hall–Kier alpha value is -2.67. The van der Waals surface area contributed by atoms with Crippen molar-refractivity contribution >= 4 is 11.8 Å². The second-order valence-corrected chi connectivity index (χ2v) is 9.49. The molecule has 2 aliphatic rings. The molecule has 4 nitrogen and oxygen atoms in total. The molecule has 2 heterocycles. The van der Waals surface area contributed by atoms with Crippen molar-refractivity contribution in [3.05, 3.63) is 70.8 Å². The van der Waals surface area contributed by atoms with Crippen LogP contribution in [0.1, 0.15) is 60.5 Å². The summed E-state index contributed by atoms with van der Waals surface area (Å²) in [6.45, 7) is 4.66. The van der Waals surface area contributed by atoms with Crippen molar-refractivity contribution in [2.24, 2.45) is 11.8 Å². The van der Waals surface area contributed by atoms with Gasteiger partial charge in [-0.3, -0.25) is 14.5 Å². The van der Waals surface area contributed by atoms with Gasteiger partial charge in [0.1, 0.15) is 11.9 Å². The molecule has 2 aliphatic heterocycles. The van der Waals surface area contributed by atoms with Crippen molar-refractivity contribution in [3.8, 4) is 0 Å². The van der Waals surface area contributed by atoms with E-state index in [2.05, 4.69) is 36.1 Å². The molecule has 2 saturated heterocycles. The summed E-state index contributed by atoms with van der Waals surface area (Å²) in [5.74, 6) is -1.32. The number of alkyl halides is 3. The number of likely N-dealkylation sites (tertiary alicyclic amines) is 1. The fraction of sp³-hybridized carbons (Fsp3) is 0.481. The molecule has 0 aromatic heterocycles. The minimum absolute atomic E-state index is 0.00654. The van der Waals surface area contributed by atoms with Crippen molar-refractivity contribution < 1.29 is 27.5 Å². The molecule has 4 rings (SSSR count). The van der Waals surface area contributed by atoms with Crippen LogP contribution in [0.2, 0.25) is 0 Å². The highest BCUT2D eigenvalue weighted by molar-refractivity contribution is 5.90. The van der Waals surface area contributed by atoms with Gasteiger partial charge < -0.3 is 4.74 Å². The molecule has 0 N–H and O–H groups in total. The number of halogens is 3. The summed E-state index contributed by atoms with van der Waals surface area (Å²) in [6.07, 6.45) is -1.89. The number of carbonyl (C=O) groups is 2. The van der Waals surface area contributed by atoms with E-state index < -0.39 is 29.7 Å². The van der Waals surface area contributed by atoms with Crippen molar-refractivity contribution in [1.29, 1.82) is 0 Å². The van der Waals surface area contributed by atoms with Crippen LogP contribution in [-0.2, 0) is 27.0 Å². The first kappa shape index (κ1) is 24.5. The molecule has 7 heteroatoms. The maximum atomic E-state index is 13.5. The molecule has 0 saturated carbocycles. The zero-order valence-electron chi connectivity index (χ0n) is 19.3. The average molecular weight is 474 g/mol. The number of nitrogens with zero attached hydrogens (tertiary/aromatic N) is 1. The maximum absolute atomic E-state index is 13.5. The second kappa shape index (κ2) is 10.3. The van der Waals surface area contributed by atoms with Gasteiger partial charge in [-0.05, 0) is 62.5 Å². The van der Waals surface area contributed by atoms with Crippen molar-refractivity contribution in [3.63, 3.8) is 0 Å². The third-order valence-corrected chi connectivity index (χ3v) is 6.94.